The molecule has 0 aliphatic heterocycles. The van der Waals surface area contributed by atoms with E-state index in [1.807, 2.05) is 0 Å². The second kappa shape index (κ2) is 5.39. The molecule has 5 heteroatoms. The molecule has 0 amide bonds. The first kappa shape index (κ1) is 10.7. The van der Waals surface area contributed by atoms with Crippen molar-refractivity contribution in [3.05, 3.63) is 22.1 Å². The number of rotatable bonds is 5. The molecule has 14 heavy (non-hydrogen) atoms. The highest BCUT2D eigenvalue weighted by atomic mass is 16.2. The van der Waals surface area contributed by atoms with Crippen LogP contribution >= 0.6 is 0 Å². The van der Waals surface area contributed by atoms with Crippen LogP contribution in [0, 0.1) is 6.92 Å². The van der Waals surface area contributed by atoms with Crippen LogP contribution in [-0.4, -0.2) is 28.2 Å². The number of H-pyrrole nitrogens is 1. The smallest absolute Gasteiger partial charge is 0.252 e. The van der Waals surface area contributed by atoms with Crippen LogP contribution in [0.1, 0.15) is 18.5 Å². The number of nitrogens with one attached hydrogen (secondary N) is 2. The van der Waals surface area contributed by atoms with E-state index in [1.54, 1.807) is 6.92 Å². The largest absolute Gasteiger partial charge is 0.396 e. The van der Waals surface area contributed by atoms with Crippen LogP contribution < -0.4 is 10.9 Å². The summed E-state index contributed by atoms with van der Waals surface area (Å²) in [6.45, 7) is 2.67. The molecule has 0 aliphatic carbocycles. The maximum Gasteiger partial charge on any atom is 0.252 e. The van der Waals surface area contributed by atoms with Gasteiger partial charge < -0.3 is 10.4 Å². The number of aromatic nitrogens is 2. The third-order valence-corrected chi connectivity index (χ3v) is 1.75. The first-order chi connectivity index (χ1) is 6.72. The van der Waals surface area contributed by atoms with Gasteiger partial charge in [0.05, 0.1) is 0 Å². The van der Waals surface area contributed by atoms with Crippen molar-refractivity contribution in [1.82, 2.24) is 9.97 Å². The quantitative estimate of drug-likeness (QED) is 0.592. The molecule has 0 fully saturated rings. The Balaban J connectivity index is 2.46. The van der Waals surface area contributed by atoms with Gasteiger partial charge in [-0.25, -0.2) is 4.98 Å². The minimum atomic E-state index is -0.151. The topological polar surface area (TPSA) is 78.0 Å². The molecule has 1 rings (SSSR count). The molecule has 1 heterocycles. The normalized spacial score (nSPS) is 10.1. The Bertz CT molecular complexity index is 335. The first-order valence-electron chi connectivity index (χ1n) is 4.65. The number of unbranched alkanes of at least 4 members (excludes halogenated alkanes) is 1. The van der Waals surface area contributed by atoms with Gasteiger partial charge in [-0.1, -0.05) is 0 Å². The van der Waals surface area contributed by atoms with Gasteiger partial charge in [-0.2, -0.15) is 0 Å². The summed E-state index contributed by atoms with van der Waals surface area (Å²) in [6, 6.07) is 1.44. The summed E-state index contributed by atoms with van der Waals surface area (Å²) < 4.78 is 0. The molecule has 0 atom stereocenters. The summed E-state index contributed by atoms with van der Waals surface area (Å²) in [5.74, 6) is 0.493. The second-order valence-corrected chi connectivity index (χ2v) is 3.09. The average molecular weight is 197 g/mol. The van der Waals surface area contributed by atoms with Gasteiger partial charge in [0.25, 0.3) is 5.56 Å². The highest BCUT2D eigenvalue weighted by Crippen LogP contribution is 1.96. The van der Waals surface area contributed by atoms with E-state index in [1.165, 1.54) is 6.07 Å². The molecule has 0 bridgehead atoms. The van der Waals surface area contributed by atoms with Crippen LogP contribution in [0.25, 0.3) is 0 Å². The minimum Gasteiger partial charge on any atom is -0.396 e. The number of hydrogen-bond donors (Lipinski definition) is 3. The van der Waals surface area contributed by atoms with Crippen molar-refractivity contribution in [3.8, 4) is 0 Å². The highest BCUT2D eigenvalue weighted by molar-refractivity contribution is 5.24. The van der Waals surface area contributed by atoms with Crippen molar-refractivity contribution in [1.29, 1.82) is 0 Å². The first-order valence-corrected chi connectivity index (χ1v) is 4.65. The fourth-order valence-corrected chi connectivity index (χ4v) is 1.11. The number of aromatic amines is 1. The maximum atomic E-state index is 11.0. The van der Waals surface area contributed by atoms with Crippen LogP contribution in [0.3, 0.4) is 0 Å². The Labute approximate surface area is 82.2 Å². The fraction of sp³-hybridized carbons (Fsp3) is 0.556. The van der Waals surface area contributed by atoms with Gasteiger partial charge >= 0.3 is 0 Å². The van der Waals surface area contributed by atoms with E-state index in [-0.39, 0.29) is 12.2 Å². The molecule has 1 aromatic heterocycles. The maximum absolute atomic E-state index is 11.0. The standard InChI is InChI=1S/C9H15N3O2/c1-7-6-8(14)12-9(11-7)10-4-2-3-5-13/h6,13H,2-5H2,1H3,(H2,10,11,12,14). The Morgan fingerprint density at radius 3 is 3.00 bits per heavy atom. The van der Waals surface area contributed by atoms with Crippen LogP contribution in [0.5, 0.6) is 0 Å². The van der Waals surface area contributed by atoms with Crippen LogP contribution in [0.4, 0.5) is 5.95 Å². The summed E-state index contributed by atoms with van der Waals surface area (Å²) in [6.07, 6.45) is 1.61. The number of aliphatic hydroxyl groups is 1. The molecular formula is C9H15N3O2. The summed E-state index contributed by atoms with van der Waals surface area (Å²) in [4.78, 5) is 17.7. The van der Waals surface area contributed by atoms with Crippen LogP contribution in [-0.2, 0) is 0 Å². The molecule has 0 saturated heterocycles. The van der Waals surface area contributed by atoms with E-state index in [0.29, 0.717) is 18.2 Å². The third-order valence-electron chi connectivity index (χ3n) is 1.75. The molecule has 0 spiro atoms. The number of aliphatic hydroxyl groups excluding tert-OH is 1. The van der Waals surface area contributed by atoms with E-state index in [9.17, 15) is 4.79 Å². The van der Waals surface area contributed by atoms with Gasteiger partial charge in [0.15, 0.2) is 0 Å². The van der Waals surface area contributed by atoms with Crippen molar-refractivity contribution in [3.63, 3.8) is 0 Å². The lowest BCUT2D eigenvalue weighted by Gasteiger charge is -2.04. The number of anilines is 1. The number of hydrogen-bond acceptors (Lipinski definition) is 4. The number of nitrogens with zero attached hydrogens (tertiary/aromatic N) is 1. The van der Waals surface area contributed by atoms with Gasteiger partial charge in [0.2, 0.25) is 5.95 Å². The fourth-order valence-electron chi connectivity index (χ4n) is 1.11. The van der Waals surface area contributed by atoms with Gasteiger partial charge in [-0.15, -0.1) is 0 Å². The molecular weight excluding hydrogens is 182 g/mol. The van der Waals surface area contributed by atoms with Gasteiger partial charge in [0.1, 0.15) is 0 Å². The summed E-state index contributed by atoms with van der Waals surface area (Å²) in [5, 5.41) is 11.5. The summed E-state index contributed by atoms with van der Waals surface area (Å²) in [7, 11) is 0. The Morgan fingerprint density at radius 1 is 1.57 bits per heavy atom. The van der Waals surface area contributed by atoms with E-state index in [2.05, 4.69) is 15.3 Å². The summed E-state index contributed by atoms with van der Waals surface area (Å²) >= 11 is 0. The third kappa shape index (κ3) is 3.57. The molecule has 1 aromatic rings. The van der Waals surface area contributed by atoms with E-state index >= 15 is 0 Å². The van der Waals surface area contributed by atoms with Crippen molar-refractivity contribution >= 4 is 5.95 Å². The molecule has 3 N–H and O–H groups in total. The Hall–Kier alpha value is -1.36. The molecule has 78 valence electrons. The van der Waals surface area contributed by atoms with Gasteiger partial charge in [0, 0.05) is 24.9 Å². The van der Waals surface area contributed by atoms with Crippen molar-refractivity contribution in [2.24, 2.45) is 0 Å². The minimum absolute atomic E-state index is 0.151. The van der Waals surface area contributed by atoms with Crippen molar-refractivity contribution in [2.75, 3.05) is 18.5 Å². The lowest BCUT2D eigenvalue weighted by atomic mass is 10.3. The SMILES string of the molecule is Cc1cc(=O)[nH]c(NCCCCO)n1. The Morgan fingerprint density at radius 2 is 2.36 bits per heavy atom. The number of aryl methyl sites for hydroxylation is 1. The molecule has 0 unspecified atom stereocenters. The second-order valence-electron chi connectivity index (χ2n) is 3.09. The van der Waals surface area contributed by atoms with Gasteiger partial charge in [-0.3, -0.25) is 9.78 Å². The molecule has 5 nitrogen and oxygen atoms in total. The van der Waals surface area contributed by atoms with Gasteiger partial charge in [-0.05, 0) is 19.8 Å². The average Bonchev–Trinajstić information content (AvgIpc) is 2.11. The van der Waals surface area contributed by atoms with E-state index < -0.39 is 0 Å². The Kier molecular flexibility index (Phi) is 4.12. The lowest BCUT2D eigenvalue weighted by molar-refractivity contribution is 0.286. The van der Waals surface area contributed by atoms with E-state index in [4.69, 9.17) is 5.11 Å². The lowest BCUT2D eigenvalue weighted by Crippen LogP contribution is -2.13. The van der Waals surface area contributed by atoms with Crippen LogP contribution in [0.15, 0.2) is 10.9 Å². The predicted octanol–water partition coefficient (Wildman–Crippen LogP) is 0.263. The van der Waals surface area contributed by atoms with Crippen LogP contribution in [0.2, 0.25) is 0 Å². The van der Waals surface area contributed by atoms with Crippen molar-refractivity contribution in [2.45, 2.75) is 19.8 Å². The zero-order valence-electron chi connectivity index (χ0n) is 8.21. The van der Waals surface area contributed by atoms with Crippen molar-refractivity contribution < 1.29 is 5.11 Å². The highest BCUT2D eigenvalue weighted by Gasteiger charge is 1.96. The molecule has 0 radical (unpaired) electrons. The molecule has 0 aliphatic rings. The summed E-state index contributed by atoms with van der Waals surface area (Å²) in [5.41, 5.74) is 0.542. The zero-order valence-corrected chi connectivity index (χ0v) is 8.21. The molecule has 0 saturated carbocycles. The monoisotopic (exact) mass is 197 g/mol. The molecule has 0 aromatic carbocycles. The zero-order chi connectivity index (χ0) is 10.4. The van der Waals surface area contributed by atoms with E-state index in [0.717, 1.165) is 12.8 Å². The predicted molar refractivity (Wildman–Crippen MR) is 54.4 cm³/mol.